The number of carboxylic acid groups (broad SMARTS) is 1. The van der Waals surface area contributed by atoms with Crippen molar-refractivity contribution in [3.63, 3.8) is 0 Å². The molecule has 0 aromatic rings. The van der Waals surface area contributed by atoms with Crippen molar-refractivity contribution in [3.8, 4) is 0 Å². The van der Waals surface area contributed by atoms with Crippen molar-refractivity contribution < 1.29 is 29.3 Å². The Labute approximate surface area is 234 Å². The van der Waals surface area contributed by atoms with Crippen LogP contribution in [0.25, 0.3) is 0 Å². The van der Waals surface area contributed by atoms with Gasteiger partial charge in [-0.2, -0.15) is 0 Å². The van der Waals surface area contributed by atoms with E-state index in [0.29, 0.717) is 12.7 Å². The molecule has 2 aliphatic heterocycles. The van der Waals surface area contributed by atoms with Gasteiger partial charge in [-0.15, -0.1) is 0 Å². The van der Waals surface area contributed by atoms with E-state index in [-0.39, 0.29) is 30.8 Å². The number of hydrogen-bond acceptors (Lipinski definition) is 5. The largest absolute Gasteiger partial charge is 0.465 e. The summed E-state index contributed by atoms with van der Waals surface area (Å²) >= 11 is 0. The van der Waals surface area contributed by atoms with Gasteiger partial charge >= 0.3 is 12.2 Å². The fourth-order valence-electron chi connectivity index (χ4n) is 3.38. The van der Waals surface area contributed by atoms with Gasteiger partial charge in [0.15, 0.2) is 0 Å². The van der Waals surface area contributed by atoms with Crippen molar-refractivity contribution in [2.75, 3.05) is 6.61 Å². The van der Waals surface area contributed by atoms with E-state index in [1.54, 1.807) is 4.90 Å². The maximum absolute atomic E-state index is 11.8. The van der Waals surface area contributed by atoms with Crippen LogP contribution in [-0.4, -0.2) is 74.9 Å². The number of hydrogen-bond donors (Lipinski definition) is 2. The molecule has 0 aromatic carbocycles. The van der Waals surface area contributed by atoms with Gasteiger partial charge in [0.1, 0.15) is 11.9 Å². The molecule has 2 rings (SSSR count). The van der Waals surface area contributed by atoms with E-state index in [1.165, 1.54) is 4.90 Å². The second kappa shape index (κ2) is 21.0. The molecule has 2 aliphatic rings. The lowest BCUT2D eigenvalue weighted by Gasteiger charge is -2.30. The van der Waals surface area contributed by atoms with Crippen LogP contribution >= 0.6 is 0 Å². The molecule has 2 amide bonds. The van der Waals surface area contributed by atoms with Gasteiger partial charge in [0.25, 0.3) is 0 Å². The highest BCUT2D eigenvalue weighted by Gasteiger charge is 2.36. The smallest absolute Gasteiger partial charge is 0.410 e. The van der Waals surface area contributed by atoms with E-state index in [4.69, 9.17) is 14.9 Å². The molecule has 2 heterocycles. The van der Waals surface area contributed by atoms with Crippen LogP contribution in [0, 0.1) is 17.8 Å². The predicted octanol–water partition coefficient (Wildman–Crippen LogP) is 7.47. The van der Waals surface area contributed by atoms with Gasteiger partial charge in [-0.25, -0.2) is 9.59 Å². The first-order valence-electron chi connectivity index (χ1n) is 14.3. The van der Waals surface area contributed by atoms with E-state index in [0.717, 1.165) is 37.0 Å². The number of carbonyl (C=O) groups excluding carboxylic acids is 2. The Bertz CT molecular complexity index is 608. The second-order valence-electron chi connectivity index (χ2n) is 13.2. The first-order chi connectivity index (χ1) is 17.2. The molecule has 0 aliphatic carbocycles. The van der Waals surface area contributed by atoms with Crippen LogP contribution in [0.2, 0.25) is 0 Å². The highest BCUT2D eigenvalue weighted by Crippen LogP contribution is 2.26. The summed E-state index contributed by atoms with van der Waals surface area (Å²) in [5.41, 5.74) is -0.473. The predicted molar refractivity (Wildman–Crippen MR) is 158 cm³/mol. The summed E-state index contributed by atoms with van der Waals surface area (Å²) < 4.78 is 5.30. The Hall–Kier alpha value is -1.83. The standard InChI is InChI=1S/C11H21NO3.C7H11NO3.3C4H10/c1-8-5-6-9(7-13)12(8)10(14)15-11(2,3)4;1-5-2-3-6(4-9)8(5)7(10)11;3*1-4(2)3/h8-9,13H,5-7H2,1-4H3;4-6H,2-3H2,1H3,(H,10,11);3*4H,1-3H3/t8-,9-;5-,6-;;;/m00.../s1. The minimum absolute atomic E-state index is 0.0114. The van der Waals surface area contributed by atoms with Crippen LogP contribution in [0.5, 0.6) is 0 Å². The van der Waals surface area contributed by atoms with Gasteiger partial charge < -0.3 is 24.6 Å². The SMILES string of the molecule is CC(C)C.CC(C)C.CC(C)C.C[C@H]1CC[C@@H](C=O)N1C(=O)O.C[C@H]1CC[C@@H](CO)N1C(=O)OC(C)(C)C. The van der Waals surface area contributed by atoms with Crippen molar-refractivity contribution in [2.24, 2.45) is 17.8 Å². The summed E-state index contributed by atoms with van der Waals surface area (Å²) in [5, 5.41) is 17.8. The van der Waals surface area contributed by atoms with E-state index >= 15 is 0 Å². The van der Waals surface area contributed by atoms with E-state index in [1.807, 2.05) is 34.6 Å². The summed E-state index contributed by atoms with van der Waals surface area (Å²) in [6.45, 7) is 28.9. The highest BCUT2D eigenvalue weighted by atomic mass is 16.6. The number of aldehydes is 1. The molecule has 8 nitrogen and oxygen atoms in total. The molecular weight excluding hydrogens is 484 g/mol. The van der Waals surface area contributed by atoms with Crippen LogP contribution in [0.3, 0.4) is 0 Å². The van der Waals surface area contributed by atoms with Crippen molar-refractivity contribution in [3.05, 3.63) is 0 Å². The molecule has 38 heavy (non-hydrogen) atoms. The number of amides is 2. The van der Waals surface area contributed by atoms with Crippen molar-refractivity contribution in [1.29, 1.82) is 0 Å². The molecule has 4 atom stereocenters. The van der Waals surface area contributed by atoms with Crippen LogP contribution in [0.1, 0.15) is 123 Å². The second-order valence-corrected chi connectivity index (χ2v) is 13.2. The Kier molecular flexibility index (Phi) is 22.5. The molecule has 0 bridgehead atoms. The molecule has 0 unspecified atom stereocenters. The third kappa shape index (κ3) is 22.2. The maximum Gasteiger partial charge on any atom is 0.410 e. The summed E-state index contributed by atoms with van der Waals surface area (Å²) in [6, 6.07) is -0.336. The summed E-state index contributed by atoms with van der Waals surface area (Å²) in [4.78, 5) is 35.6. The van der Waals surface area contributed by atoms with Crippen molar-refractivity contribution in [2.45, 2.75) is 152 Å². The van der Waals surface area contributed by atoms with Gasteiger partial charge in [0, 0.05) is 12.1 Å². The quantitative estimate of drug-likeness (QED) is 0.348. The minimum Gasteiger partial charge on any atom is -0.465 e. The zero-order chi connectivity index (χ0) is 30.8. The maximum atomic E-state index is 11.8. The lowest BCUT2D eigenvalue weighted by atomic mass is 10.2. The fraction of sp³-hybridized carbons (Fsp3) is 0.900. The molecule has 2 saturated heterocycles. The third-order valence-electron chi connectivity index (χ3n) is 4.69. The van der Waals surface area contributed by atoms with Crippen LogP contribution in [-0.2, 0) is 9.53 Å². The van der Waals surface area contributed by atoms with Crippen LogP contribution in [0.4, 0.5) is 9.59 Å². The molecule has 8 heteroatoms. The van der Waals surface area contributed by atoms with E-state index < -0.39 is 17.7 Å². The Balaban J connectivity index is -0.000000464. The van der Waals surface area contributed by atoms with Gasteiger partial charge in [-0.1, -0.05) is 62.3 Å². The number of aliphatic hydroxyl groups is 1. The molecule has 2 N–H and O–H groups in total. The first kappa shape index (κ1) is 40.7. The summed E-state index contributed by atoms with van der Waals surface area (Å²) in [6.07, 6.45) is 2.64. The zero-order valence-electron chi connectivity index (χ0n) is 27.1. The van der Waals surface area contributed by atoms with Crippen molar-refractivity contribution >= 4 is 18.5 Å². The number of ether oxygens (including phenoxy) is 1. The molecule has 228 valence electrons. The molecule has 0 aromatic heterocycles. The fourth-order valence-corrected chi connectivity index (χ4v) is 3.38. The Morgan fingerprint density at radius 1 is 0.816 bits per heavy atom. The molecule has 0 radical (unpaired) electrons. The summed E-state index contributed by atoms with van der Waals surface area (Å²) in [5.74, 6) is 2.50. The highest BCUT2D eigenvalue weighted by molar-refractivity contribution is 5.73. The Morgan fingerprint density at radius 2 is 1.18 bits per heavy atom. The molecule has 0 saturated carbocycles. The minimum atomic E-state index is -0.993. The number of likely N-dealkylation sites (tertiary alicyclic amines) is 2. The van der Waals surface area contributed by atoms with Crippen molar-refractivity contribution in [1.82, 2.24) is 9.80 Å². The average molecular weight is 547 g/mol. The van der Waals surface area contributed by atoms with Gasteiger partial charge in [0.05, 0.1) is 18.7 Å². The van der Waals surface area contributed by atoms with E-state index in [2.05, 4.69) is 62.3 Å². The van der Waals surface area contributed by atoms with Crippen LogP contribution in [0.15, 0.2) is 0 Å². The number of carbonyl (C=O) groups is 3. The monoisotopic (exact) mass is 546 g/mol. The number of nitrogens with zero attached hydrogens (tertiary/aromatic N) is 2. The molecular formula is C30H62N2O6. The first-order valence-corrected chi connectivity index (χ1v) is 14.3. The molecule has 0 spiro atoms. The van der Waals surface area contributed by atoms with E-state index in [9.17, 15) is 14.4 Å². The zero-order valence-corrected chi connectivity index (χ0v) is 27.1. The Morgan fingerprint density at radius 3 is 1.47 bits per heavy atom. The molecule has 2 fully saturated rings. The number of rotatable bonds is 2. The normalized spacial score (nSPS) is 22.3. The lowest BCUT2D eigenvalue weighted by Crippen LogP contribution is -2.44. The topological polar surface area (TPSA) is 107 Å². The van der Waals surface area contributed by atoms with Gasteiger partial charge in [-0.05, 0) is 78.1 Å². The average Bonchev–Trinajstić information content (AvgIpc) is 3.27. The number of aliphatic hydroxyl groups excluding tert-OH is 1. The van der Waals surface area contributed by atoms with Crippen LogP contribution < -0.4 is 0 Å². The van der Waals surface area contributed by atoms with Gasteiger partial charge in [-0.3, -0.25) is 4.90 Å². The third-order valence-corrected chi connectivity index (χ3v) is 4.69. The summed E-state index contributed by atoms with van der Waals surface area (Å²) in [7, 11) is 0. The lowest BCUT2D eigenvalue weighted by molar-refractivity contribution is -0.111. The van der Waals surface area contributed by atoms with Gasteiger partial charge in [0.2, 0.25) is 0 Å².